The molecule has 0 saturated carbocycles. The van der Waals surface area contributed by atoms with Gasteiger partial charge in [0.1, 0.15) is 5.58 Å². The molecule has 0 saturated heterocycles. The van der Waals surface area contributed by atoms with E-state index in [9.17, 15) is 14.4 Å². The van der Waals surface area contributed by atoms with Gasteiger partial charge < -0.3 is 10.2 Å². The Bertz CT molecular complexity index is 1490. The third-order valence-electron chi connectivity index (χ3n) is 5.93. The lowest BCUT2D eigenvalue weighted by Crippen LogP contribution is -2.23. The molecule has 7 nitrogen and oxygen atoms in total. The summed E-state index contributed by atoms with van der Waals surface area (Å²) < 4.78 is 7.11. The number of carbonyl (C=O) groups is 1. The monoisotopic (exact) mass is 477 g/mol. The van der Waals surface area contributed by atoms with Crippen LogP contribution in [0.2, 0.25) is 0 Å². The molecule has 0 fully saturated rings. The molecule has 4 rings (SSSR count). The van der Waals surface area contributed by atoms with Gasteiger partial charge in [0, 0.05) is 30.2 Å². The highest BCUT2D eigenvalue weighted by Crippen LogP contribution is 2.28. The first-order valence-electron chi connectivity index (χ1n) is 11.3. The summed E-state index contributed by atoms with van der Waals surface area (Å²) in [6.45, 7) is 4.50. The van der Waals surface area contributed by atoms with Crippen molar-refractivity contribution in [3.63, 3.8) is 0 Å². The number of amides is 1. The Labute approximate surface area is 201 Å². The molecule has 2 aromatic heterocycles. The summed E-state index contributed by atoms with van der Waals surface area (Å²) in [6.07, 6.45) is 2.56. The molecule has 176 valence electrons. The molecular formula is C26H27N3O4S. The third-order valence-corrected chi connectivity index (χ3v) is 6.96. The number of rotatable bonds is 9. The minimum absolute atomic E-state index is 0.0908. The molecule has 8 heteroatoms. The van der Waals surface area contributed by atoms with Crippen LogP contribution in [-0.4, -0.2) is 15.5 Å². The van der Waals surface area contributed by atoms with Gasteiger partial charge in [-0.25, -0.2) is 9.78 Å². The van der Waals surface area contributed by atoms with Crippen LogP contribution in [0, 0.1) is 13.8 Å². The number of carbonyl (C=O) groups excluding carboxylic acids is 1. The van der Waals surface area contributed by atoms with Gasteiger partial charge in [-0.1, -0.05) is 30.3 Å². The number of hydrogen-bond donors (Lipinski definition) is 1. The van der Waals surface area contributed by atoms with Gasteiger partial charge >= 0.3 is 5.63 Å². The van der Waals surface area contributed by atoms with Gasteiger partial charge in [-0.15, -0.1) is 0 Å². The van der Waals surface area contributed by atoms with Crippen LogP contribution in [0.3, 0.4) is 0 Å². The number of nitrogens with zero attached hydrogens (tertiary/aromatic N) is 2. The van der Waals surface area contributed by atoms with Crippen LogP contribution in [0.15, 0.2) is 61.6 Å². The van der Waals surface area contributed by atoms with Crippen molar-refractivity contribution < 1.29 is 9.21 Å². The van der Waals surface area contributed by atoms with Gasteiger partial charge in [-0.3, -0.25) is 14.2 Å². The largest absolute Gasteiger partial charge is 0.423 e. The average molecular weight is 478 g/mol. The number of thioether (sulfide) groups is 1. The summed E-state index contributed by atoms with van der Waals surface area (Å²) in [6, 6.07) is 12.7. The van der Waals surface area contributed by atoms with Gasteiger partial charge in [-0.2, -0.15) is 0 Å². The van der Waals surface area contributed by atoms with E-state index < -0.39 is 5.63 Å². The molecule has 0 atom stereocenters. The minimum atomic E-state index is -0.398. The van der Waals surface area contributed by atoms with E-state index in [-0.39, 0.29) is 11.5 Å². The van der Waals surface area contributed by atoms with Crippen LogP contribution < -0.4 is 16.9 Å². The van der Waals surface area contributed by atoms with Crippen molar-refractivity contribution in [2.75, 3.05) is 0 Å². The number of hydrogen-bond acceptors (Lipinski definition) is 6. The topological polar surface area (TPSA) is 108 Å². The molecule has 34 heavy (non-hydrogen) atoms. The molecule has 2 aromatic carbocycles. The van der Waals surface area contributed by atoms with Crippen molar-refractivity contribution in [2.45, 2.75) is 57.0 Å². The molecule has 0 radical (unpaired) electrons. The molecule has 1 amide bonds. The summed E-state index contributed by atoms with van der Waals surface area (Å²) in [5.74, 6) is 0.155. The fourth-order valence-corrected chi connectivity index (χ4v) is 4.96. The molecule has 0 aliphatic heterocycles. The Morgan fingerprint density at radius 2 is 1.79 bits per heavy atom. The quantitative estimate of drug-likeness (QED) is 0.165. The normalized spacial score (nSPS) is 11.4. The summed E-state index contributed by atoms with van der Waals surface area (Å²) >= 11 is 1.43. The number of primary amides is 1. The number of nitrogens with two attached hydrogens (primary N) is 1. The van der Waals surface area contributed by atoms with E-state index in [1.54, 1.807) is 10.6 Å². The van der Waals surface area contributed by atoms with Crippen molar-refractivity contribution in [3.8, 4) is 0 Å². The SMILES string of the molecule is Cc1cc2oc(=O)cc(CSc3nc4ccccc4c(=O)n3CCCCCC(N)=O)c2cc1C. The fourth-order valence-electron chi connectivity index (χ4n) is 3.95. The molecule has 0 aliphatic rings. The van der Waals surface area contributed by atoms with Gasteiger partial charge in [0.15, 0.2) is 5.16 Å². The molecule has 0 unspecified atom stereocenters. The first-order valence-corrected chi connectivity index (χ1v) is 12.3. The number of aryl methyl sites for hydroxylation is 2. The van der Waals surface area contributed by atoms with Crippen molar-refractivity contribution >= 4 is 39.5 Å². The lowest BCUT2D eigenvalue weighted by molar-refractivity contribution is -0.118. The Kier molecular flexibility index (Phi) is 7.17. The van der Waals surface area contributed by atoms with Crippen LogP contribution in [-0.2, 0) is 17.1 Å². The van der Waals surface area contributed by atoms with Crippen molar-refractivity contribution in [1.29, 1.82) is 0 Å². The zero-order valence-corrected chi connectivity index (χ0v) is 20.1. The standard InChI is InChI=1S/C26H27N3O4S/c1-16-12-20-18(14-24(31)33-22(20)13-17(16)2)15-34-26-28-21-9-6-5-8-19(21)25(32)29(26)11-7-3-4-10-23(27)30/h5-6,8-9,12-14H,3-4,7,10-11,15H2,1-2H3,(H2,27,30). The maximum Gasteiger partial charge on any atom is 0.336 e. The van der Waals surface area contributed by atoms with Crippen molar-refractivity contribution in [2.24, 2.45) is 5.73 Å². The molecular weight excluding hydrogens is 450 g/mol. The van der Waals surface area contributed by atoms with E-state index in [1.807, 2.05) is 44.2 Å². The van der Waals surface area contributed by atoms with Gasteiger partial charge in [0.05, 0.1) is 10.9 Å². The van der Waals surface area contributed by atoms with Gasteiger partial charge in [-0.05, 0) is 67.6 Å². The molecule has 0 aliphatic carbocycles. The van der Waals surface area contributed by atoms with E-state index in [4.69, 9.17) is 15.1 Å². The first kappa shape index (κ1) is 23.8. The van der Waals surface area contributed by atoms with Crippen LogP contribution >= 0.6 is 11.8 Å². The van der Waals surface area contributed by atoms with Crippen molar-refractivity contribution in [3.05, 3.63) is 79.9 Å². The number of fused-ring (bicyclic) bond motifs is 2. The fraction of sp³-hybridized carbons (Fsp3) is 0.308. The lowest BCUT2D eigenvalue weighted by Gasteiger charge is -2.14. The Hall–Kier alpha value is -3.39. The lowest BCUT2D eigenvalue weighted by atomic mass is 10.0. The summed E-state index contributed by atoms with van der Waals surface area (Å²) in [4.78, 5) is 41.2. The van der Waals surface area contributed by atoms with E-state index >= 15 is 0 Å². The minimum Gasteiger partial charge on any atom is -0.423 e. The number of para-hydroxylation sites is 1. The summed E-state index contributed by atoms with van der Waals surface area (Å²) in [7, 11) is 0. The van der Waals surface area contributed by atoms with Gasteiger partial charge in [0.2, 0.25) is 5.91 Å². The van der Waals surface area contributed by atoms with Crippen LogP contribution in [0.25, 0.3) is 21.9 Å². The Balaban J connectivity index is 1.66. The predicted molar refractivity (Wildman–Crippen MR) is 135 cm³/mol. The maximum atomic E-state index is 13.3. The van der Waals surface area contributed by atoms with Crippen LogP contribution in [0.5, 0.6) is 0 Å². The predicted octanol–water partition coefficient (Wildman–Crippen LogP) is 4.46. The Morgan fingerprint density at radius 3 is 2.59 bits per heavy atom. The number of aromatic nitrogens is 2. The second kappa shape index (κ2) is 10.3. The number of benzene rings is 2. The Morgan fingerprint density at radius 1 is 1.03 bits per heavy atom. The van der Waals surface area contributed by atoms with E-state index in [0.29, 0.717) is 46.8 Å². The van der Waals surface area contributed by atoms with Crippen molar-refractivity contribution in [1.82, 2.24) is 9.55 Å². The van der Waals surface area contributed by atoms with E-state index in [1.165, 1.54) is 17.8 Å². The summed E-state index contributed by atoms with van der Waals surface area (Å²) in [5, 5.41) is 2.06. The van der Waals surface area contributed by atoms with Crippen LogP contribution in [0.4, 0.5) is 0 Å². The van der Waals surface area contributed by atoms with E-state index in [2.05, 4.69) is 0 Å². The molecule has 4 aromatic rings. The van der Waals surface area contributed by atoms with Crippen LogP contribution in [0.1, 0.15) is 42.4 Å². The highest BCUT2D eigenvalue weighted by atomic mass is 32.2. The van der Waals surface area contributed by atoms with E-state index in [0.717, 1.165) is 34.9 Å². The average Bonchev–Trinajstić information content (AvgIpc) is 2.79. The molecule has 0 bridgehead atoms. The second-order valence-corrected chi connectivity index (χ2v) is 9.40. The first-order chi connectivity index (χ1) is 16.3. The molecule has 2 heterocycles. The highest BCUT2D eigenvalue weighted by Gasteiger charge is 2.14. The smallest absolute Gasteiger partial charge is 0.336 e. The molecule has 0 spiro atoms. The third kappa shape index (κ3) is 5.22. The second-order valence-electron chi connectivity index (χ2n) is 8.46. The highest BCUT2D eigenvalue weighted by molar-refractivity contribution is 7.98. The summed E-state index contributed by atoms with van der Waals surface area (Å²) in [5.41, 5.74) is 8.95. The number of unbranched alkanes of at least 4 members (excludes halogenated alkanes) is 2. The zero-order valence-electron chi connectivity index (χ0n) is 19.3. The van der Waals surface area contributed by atoms with Gasteiger partial charge in [0.25, 0.3) is 5.56 Å². The maximum absolute atomic E-state index is 13.3. The zero-order chi connectivity index (χ0) is 24.2. The molecule has 2 N–H and O–H groups in total.